The number of anilines is 6. The lowest BCUT2D eigenvalue weighted by molar-refractivity contribution is 0.591. The highest BCUT2D eigenvalue weighted by Gasteiger charge is 2.48. The van der Waals surface area contributed by atoms with Crippen LogP contribution < -0.4 is 24.8 Å². The predicted molar refractivity (Wildman–Crippen MR) is 330 cm³/mol. The van der Waals surface area contributed by atoms with E-state index in [9.17, 15) is 0 Å². The molecule has 0 saturated heterocycles. The second-order valence-electron chi connectivity index (χ2n) is 22.9. The maximum absolute atomic E-state index is 6.27. The number of thiophene rings is 2. The van der Waals surface area contributed by atoms with E-state index in [0.29, 0.717) is 0 Å². The SMILES string of the molecule is CC(C)(C)c1ccc2sc3c(c2c1)N(c1cc(-c2coc4ccccc24)ccc1-c1ccccc1)c1cccc2c1B3c1sc3ccc(C(C)(C)C)cc3c1N2c1cc(-c2coc3ccccc23)ccc1-c1ccccc1. The molecule has 0 amide bonds. The molecule has 6 heterocycles. The fourth-order valence-electron chi connectivity index (χ4n) is 12.2. The summed E-state index contributed by atoms with van der Waals surface area (Å²) >= 11 is 3.93. The first-order valence-electron chi connectivity index (χ1n) is 26.7. The molecule has 15 rings (SSSR count). The molecular weight excluding hydrogens is 976 g/mol. The predicted octanol–water partition coefficient (Wildman–Crippen LogP) is 19.0. The molecule has 0 fully saturated rings. The van der Waals surface area contributed by atoms with Crippen molar-refractivity contribution in [3.05, 3.63) is 224 Å². The summed E-state index contributed by atoms with van der Waals surface area (Å²) in [5.74, 6) is 0. The summed E-state index contributed by atoms with van der Waals surface area (Å²) in [6.07, 6.45) is 3.86. The second kappa shape index (κ2) is 17.1. The topological polar surface area (TPSA) is 32.8 Å². The Morgan fingerprint density at radius 1 is 0.364 bits per heavy atom. The molecule has 4 aromatic heterocycles. The van der Waals surface area contributed by atoms with Crippen LogP contribution in [0.25, 0.3) is 86.6 Å². The Morgan fingerprint density at radius 3 is 1.23 bits per heavy atom. The van der Waals surface area contributed by atoms with E-state index >= 15 is 0 Å². The lowest BCUT2D eigenvalue weighted by atomic mass is 9.39. The summed E-state index contributed by atoms with van der Waals surface area (Å²) in [5.41, 5.74) is 21.7. The van der Waals surface area contributed by atoms with E-state index in [1.54, 1.807) is 0 Å². The molecule has 0 aliphatic carbocycles. The van der Waals surface area contributed by atoms with Gasteiger partial charge in [-0.2, -0.15) is 0 Å². The van der Waals surface area contributed by atoms with Crippen molar-refractivity contribution in [2.24, 2.45) is 0 Å². The molecule has 0 unspecified atom stereocenters. The summed E-state index contributed by atoms with van der Waals surface area (Å²) in [7, 11) is 0. The Labute approximate surface area is 457 Å². The minimum atomic E-state index is -0.0620. The maximum Gasteiger partial charge on any atom is 0.277 e. The van der Waals surface area contributed by atoms with Crippen LogP contribution in [0.3, 0.4) is 0 Å². The van der Waals surface area contributed by atoms with Gasteiger partial charge in [0.1, 0.15) is 11.2 Å². The molecule has 0 radical (unpaired) electrons. The van der Waals surface area contributed by atoms with Crippen molar-refractivity contribution < 1.29 is 8.83 Å². The number of nitrogens with zero attached hydrogens (tertiary/aromatic N) is 2. The van der Waals surface area contributed by atoms with Gasteiger partial charge < -0.3 is 18.6 Å². The zero-order valence-electron chi connectivity index (χ0n) is 43.8. The van der Waals surface area contributed by atoms with Crippen LogP contribution in [0, 0.1) is 0 Å². The molecule has 0 saturated carbocycles. The molecule has 0 N–H and O–H groups in total. The fourth-order valence-corrected chi connectivity index (χ4v) is 14.9. The Bertz CT molecular complexity index is 4220. The minimum Gasteiger partial charge on any atom is -0.464 e. The van der Waals surface area contributed by atoms with E-state index in [2.05, 4.69) is 239 Å². The van der Waals surface area contributed by atoms with Gasteiger partial charge in [-0.3, -0.25) is 0 Å². The van der Waals surface area contributed by atoms with E-state index in [1.807, 2.05) is 47.3 Å². The Hall–Kier alpha value is -8.36. The third kappa shape index (κ3) is 7.17. The van der Waals surface area contributed by atoms with Gasteiger partial charge >= 0.3 is 0 Å². The van der Waals surface area contributed by atoms with Crippen LogP contribution in [0.4, 0.5) is 34.1 Å². The third-order valence-electron chi connectivity index (χ3n) is 16.1. The van der Waals surface area contributed by atoms with Gasteiger partial charge in [0.2, 0.25) is 0 Å². The largest absolute Gasteiger partial charge is 0.464 e. The van der Waals surface area contributed by atoms with Gasteiger partial charge in [0.15, 0.2) is 0 Å². The van der Waals surface area contributed by atoms with Crippen LogP contribution in [0.1, 0.15) is 52.7 Å². The fraction of sp³-hybridized carbons (Fsp3) is 0.114. The zero-order chi connectivity index (χ0) is 51.9. The summed E-state index contributed by atoms with van der Waals surface area (Å²) in [6.45, 7) is 13.9. The smallest absolute Gasteiger partial charge is 0.277 e. The summed E-state index contributed by atoms with van der Waals surface area (Å²) < 4.78 is 17.8. The molecule has 0 atom stereocenters. The molecule has 7 heteroatoms. The van der Waals surface area contributed by atoms with Crippen LogP contribution in [-0.2, 0) is 10.8 Å². The summed E-state index contributed by atoms with van der Waals surface area (Å²) in [5, 5.41) is 4.75. The van der Waals surface area contributed by atoms with Crippen molar-refractivity contribution in [1.29, 1.82) is 0 Å². The number of hydrogen-bond acceptors (Lipinski definition) is 6. The molecule has 2 aliphatic heterocycles. The van der Waals surface area contributed by atoms with Gasteiger partial charge in [0.05, 0.1) is 35.3 Å². The first-order chi connectivity index (χ1) is 37.5. The van der Waals surface area contributed by atoms with E-state index < -0.39 is 0 Å². The first kappa shape index (κ1) is 46.0. The highest BCUT2D eigenvalue weighted by Crippen LogP contribution is 2.54. The Kier molecular flexibility index (Phi) is 10.2. The van der Waals surface area contributed by atoms with E-state index in [0.717, 1.165) is 77.8 Å². The van der Waals surface area contributed by atoms with Gasteiger partial charge in [-0.25, -0.2) is 0 Å². The molecule has 13 aromatic rings. The molecule has 77 heavy (non-hydrogen) atoms. The zero-order valence-corrected chi connectivity index (χ0v) is 45.4. The van der Waals surface area contributed by atoms with E-state index in [4.69, 9.17) is 8.83 Å². The summed E-state index contributed by atoms with van der Waals surface area (Å²) in [4.78, 5) is 5.29. The normalized spacial score (nSPS) is 13.2. The molecule has 4 nitrogen and oxygen atoms in total. The Morgan fingerprint density at radius 2 is 0.792 bits per heavy atom. The average molecular weight is 1030 g/mol. The highest BCUT2D eigenvalue weighted by molar-refractivity contribution is 7.40. The van der Waals surface area contributed by atoms with Gasteiger partial charge in [0, 0.05) is 74.1 Å². The van der Waals surface area contributed by atoms with Crippen LogP contribution in [-0.4, -0.2) is 6.71 Å². The molecule has 9 aromatic carbocycles. The maximum atomic E-state index is 6.27. The van der Waals surface area contributed by atoms with Crippen LogP contribution in [0.2, 0.25) is 0 Å². The number of fused-ring (bicyclic) bond motifs is 10. The lowest BCUT2D eigenvalue weighted by Gasteiger charge is -2.43. The van der Waals surface area contributed by atoms with Crippen molar-refractivity contribution in [2.75, 3.05) is 9.80 Å². The molecule has 0 bridgehead atoms. The number of rotatable bonds is 6. The number of furan rings is 2. The molecule has 0 spiro atoms. The van der Waals surface area contributed by atoms with Crippen molar-refractivity contribution in [3.8, 4) is 44.5 Å². The third-order valence-corrected chi connectivity index (χ3v) is 18.6. The lowest BCUT2D eigenvalue weighted by Crippen LogP contribution is -2.59. The standard InChI is InChI=1S/C70H53BN2O2S2/c1-69(2,3)46-30-34-62-52(38-46)65-67(76-62)71-64-56(72(65)58-36-44(28-32-48(58)42-18-9-7-10-19-42)54-40-74-60-26-15-13-22-50(54)60)24-17-25-57(64)73(66-53-39-47(70(4,5)6)31-35-63(53)77-68(66)71)59-37-45(29-33-49(59)43-20-11-8-12-21-43)55-41-75-61-27-16-14-23-51(55)61/h7-41H,1-6H3. The van der Waals surface area contributed by atoms with E-state index in [-0.39, 0.29) is 17.5 Å². The number of para-hydroxylation sites is 2. The Balaban J connectivity index is 1.08. The quantitative estimate of drug-likeness (QED) is 0.155. The van der Waals surface area contributed by atoms with Crippen molar-refractivity contribution in [1.82, 2.24) is 0 Å². The van der Waals surface area contributed by atoms with Gasteiger partial charge in [-0.15, -0.1) is 22.7 Å². The van der Waals surface area contributed by atoms with Gasteiger partial charge in [0.25, 0.3) is 6.71 Å². The number of hydrogen-bond donors (Lipinski definition) is 0. The van der Waals surface area contributed by atoms with E-state index in [1.165, 1.54) is 69.1 Å². The van der Waals surface area contributed by atoms with Crippen molar-refractivity contribution >= 4 is 121 Å². The molecule has 370 valence electrons. The van der Waals surface area contributed by atoms with Crippen molar-refractivity contribution in [3.63, 3.8) is 0 Å². The van der Waals surface area contributed by atoms with Crippen molar-refractivity contribution in [2.45, 2.75) is 52.4 Å². The summed E-state index contributed by atoms with van der Waals surface area (Å²) in [6, 6.07) is 74.3. The van der Waals surface area contributed by atoms with Crippen LogP contribution in [0.15, 0.2) is 222 Å². The highest BCUT2D eigenvalue weighted by atomic mass is 32.1. The van der Waals surface area contributed by atoms with Gasteiger partial charge in [-0.1, -0.05) is 181 Å². The first-order valence-corrected chi connectivity index (χ1v) is 28.3. The average Bonchev–Trinajstić information content (AvgIpc) is 4.47. The van der Waals surface area contributed by atoms with Crippen LogP contribution in [0.5, 0.6) is 0 Å². The monoisotopic (exact) mass is 1030 g/mol. The minimum absolute atomic E-state index is 0.0491. The number of benzene rings is 9. The van der Waals surface area contributed by atoms with Crippen LogP contribution >= 0.6 is 22.7 Å². The molecule has 2 aliphatic rings. The van der Waals surface area contributed by atoms with Gasteiger partial charge in [-0.05, 0) is 110 Å². The molecular formula is C70H53BN2O2S2. The second-order valence-corrected chi connectivity index (χ2v) is 25.0.